The summed E-state index contributed by atoms with van der Waals surface area (Å²) in [6.07, 6.45) is 3.67. The van der Waals surface area contributed by atoms with Gasteiger partial charge in [0, 0.05) is 31.0 Å². The predicted molar refractivity (Wildman–Crippen MR) is 82.2 cm³/mol. The van der Waals surface area contributed by atoms with Gasteiger partial charge in [0.25, 0.3) is 0 Å². The van der Waals surface area contributed by atoms with Gasteiger partial charge in [0.2, 0.25) is 5.91 Å². The van der Waals surface area contributed by atoms with Crippen LogP contribution < -0.4 is 10.6 Å². The van der Waals surface area contributed by atoms with Crippen molar-refractivity contribution < 1.29 is 9.21 Å². The molecule has 0 aliphatic carbocycles. The molecule has 0 saturated carbocycles. The Balaban J connectivity index is 1.72. The minimum absolute atomic E-state index is 0.151. The van der Waals surface area contributed by atoms with Crippen molar-refractivity contribution in [3.05, 3.63) is 54.0 Å². The van der Waals surface area contributed by atoms with E-state index in [-0.39, 0.29) is 5.91 Å². The average molecular weight is 284 g/mol. The molecule has 2 heterocycles. The zero-order valence-electron chi connectivity index (χ0n) is 12.0. The first-order chi connectivity index (χ1) is 10.3. The lowest BCUT2D eigenvalue weighted by Gasteiger charge is -2.17. The van der Waals surface area contributed by atoms with Crippen molar-refractivity contribution in [2.75, 3.05) is 18.0 Å². The van der Waals surface area contributed by atoms with Crippen LogP contribution in [-0.2, 0) is 11.2 Å². The van der Waals surface area contributed by atoms with E-state index in [4.69, 9.17) is 10.2 Å². The number of benzene rings is 1. The normalized spacial score (nSPS) is 17.0. The van der Waals surface area contributed by atoms with Crippen LogP contribution >= 0.6 is 0 Å². The number of amides is 1. The predicted octanol–water partition coefficient (Wildman–Crippen LogP) is 2.69. The van der Waals surface area contributed by atoms with Gasteiger partial charge >= 0.3 is 0 Å². The molecule has 1 aromatic carbocycles. The number of para-hydroxylation sites is 1. The van der Waals surface area contributed by atoms with Crippen molar-refractivity contribution in [1.29, 1.82) is 0 Å². The second-order valence-corrected chi connectivity index (χ2v) is 5.42. The van der Waals surface area contributed by atoms with Gasteiger partial charge in [0.15, 0.2) is 0 Å². The highest BCUT2D eigenvalue weighted by Gasteiger charge is 2.31. The Morgan fingerprint density at radius 1 is 1.29 bits per heavy atom. The zero-order chi connectivity index (χ0) is 14.7. The van der Waals surface area contributed by atoms with Crippen LogP contribution in [0.3, 0.4) is 0 Å². The topological polar surface area (TPSA) is 59.5 Å². The van der Waals surface area contributed by atoms with E-state index in [2.05, 4.69) is 6.07 Å². The molecule has 1 unspecified atom stereocenters. The van der Waals surface area contributed by atoms with E-state index in [1.165, 1.54) is 5.56 Å². The van der Waals surface area contributed by atoms with Crippen LogP contribution in [0.5, 0.6) is 0 Å². The Morgan fingerprint density at radius 2 is 2.14 bits per heavy atom. The molecular formula is C17H20N2O2. The summed E-state index contributed by atoms with van der Waals surface area (Å²) in [6, 6.07) is 11.9. The highest BCUT2D eigenvalue weighted by molar-refractivity contribution is 5.96. The monoisotopic (exact) mass is 284 g/mol. The fourth-order valence-corrected chi connectivity index (χ4v) is 3.00. The number of hydrogen-bond donors (Lipinski definition) is 1. The van der Waals surface area contributed by atoms with Crippen LogP contribution in [0.4, 0.5) is 5.69 Å². The van der Waals surface area contributed by atoms with Gasteiger partial charge in [-0.15, -0.1) is 0 Å². The van der Waals surface area contributed by atoms with E-state index in [0.717, 1.165) is 24.4 Å². The fourth-order valence-electron chi connectivity index (χ4n) is 3.00. The standard InChI is InChI=1S/C17H20N2O2/c18-10-9-13-12-19(16-6-2-1-5-15(13)16)17(20)8-7-14-4-3-11-21-14/h1-6,11,13H,7-10,12,18H2. The summed E-state index contributed by atoms with van der Waals surface area (Å²) >= 11 is 0. The molecule has 1 amide bonds. The van der Waals surface area contributed by atoms with E-state index in [1.54, 1.807) is 6.26 Å². The van der Waals surface area contributed by atoms with E-state index in [1.807, 2.05) is 35.2 Å². The van der Waals surface area contributed by atoms with Crippen molar-refractivity contribution in [1.82, 2.24) is 0 Å². The molecule has 1 aromatic heterocycles. The van der Waals surface area contributed by atoms with Crippen molar-refractivity contribution in [2.45, 2.75) is 25.2 Å². The van der Waals surface area contributed by atoms with Crippen molar-refractivity contribution >= 4 is 11.6 Å². The number of nitrogens with zero attached hydrogens (tertiary/aromatic N) is 1. The molecule has 0 radical (unpaired) electrons. The summed E-state index contributed by atoms with van der Waals surface area (Å²) in [7, 11) is 0. The average Bonchev–Trinajstić information content (AvgIpc) is 3.14. The number of carbonyl (C=O) groups is 1. The molecule has 4 nitrogen and oxygen atoms in total. The summed E-state index contributed by atoms with van der Waals surface area (Å²) < 4.78 is 5.29. The van der Waals surface area contributed by atoms with Gasteiger partial charge in [-0.25, -0.2) is 0 Å². The molecule has 0 fully saturated rings. The molecule has 1 aliphatic rings. The molecule has 4 heteroatoms. The Morgan fingerprint density at radius 3 is 2.90 bits per heavy atom. The summed E-state index contributed by atoms with van der Waals surface area (Å²) in [4.78, 5) is 14.4. The molecule has 0 spiro atoms. The molecule has 110 valence electrons. The SMILES string of the molecule is NCCC1CN(C(=O)CCc2ccco2)c2ccccc21. The first kappa shape index (κ1) is 13.9. The number of nitrogens with two attached hydrogens (primary N) is 1. The summed E-state index contributed by atoms with van der Waals surface area (Å²) in [5.41, 5.74) is 7.98. The first-order valence-corrected chi connectivity index (χ1v) is 7.41. The van der Waals surface area contributed by atoms with Gasteiger partial charge in [-0.3, -0.25) is 4.79 Å². The molecule has 21 heavy (non-hydrogen) atoms. The van der Waals surface area contributed by atoms with Crippen molar-refractivity contribution in [3.8, 4) is 0 Å². The smallest absolute Gasteiger partial charge is 0.227 e. The molecular weight excluding hydrogens is 264 g/mol. The van der Waals surface area contributed by atoms with Crippen molar-refractivity contribution in [3.63, 3.8) is 0 Å². The van der Waals surface area contributed by atoms with E-state index in [9.17, 15) is 4.79 Å². The maximum absolute atomic E-state index is 12.5. The Hall–Kier alpha value is -2.07. The summed E-state index contributed by atoms with van der Waals surface area (Å²) in [5, 5.41) is 0. The summed E-state index contributed by atoms with van der Waals surface area (Å²) in [6.45, 7) is 1.39. The highest BCUT2D eigenvalue weighted by atomic mass is 16.3. The van der Waals surface area contributed by atoms with Gasteiger partial charge in [0.1, 0.15) is 5.76 Å². The van der Waals surface area contributed by atoms with E-state index in [0.29, 0.717) is 25.3 Å². The molecule has 1 aliphatic heterocycles. The van der Waals surface area contributed by atoms with Gasteiger partial charge < -0.3 is 15.1 Å². The first-order valence-electron chi connectivity index (χ1n) is 7.41. The molecule has 2 N–H and O–H groups in total. The molecule has 2 aromatic rings. The van der Waals surface area contributed by atoms with Crippen molar-refractivity contribution in [2.24, 2.45) is 5.73 Å². The summed E-state index contributed by atoms with van der Waals surface area (Å²) in [5.74, 6) is 1.37. The maximum atomic E-state index is 12.5. The van der Waals surface area contributed by atoms with E-state index < -0.39 is 0 Å². The van der Waals surface area contributed by atoms with Gasteiger partial charge in [-0.2, -0.15) is 0 Å². The maximum Gasteiger partial charge on any atom is 0.227 e. The quantitative estimate of drug-likeness (QED) is 0.918. The minimum Gasteiger partial charge on any atom is -0.469 e. The molecule has 3 rings (SSSR count). The second-order valence-electron chi connectivity index (χ2n) is 5.42. The third kappa shape index (κ3) is 2.85. The van der Waals surface area contributed by atoms with Gasteiger partial charge in [0.05, 0.1) is 6.26 Å². The Labute approximate surface area is 124 Å². The lowest BCUT2D eigenvalue weighted by atomic mass is 9.98. The highest BCUT2D eigenvalue weighted by Crippen LogP contribution is 2.38. The van der Waals surface area contributed by atoms with Crippen LogP contribution in [0.2, 0.25) is 0 Å². The number of aryl methyl sites for hydroxylation is 1. The number of fused-ring (bicyclic) bond motifs is 1. The zero-order valence-corrected chi connectivity index (χ0v) is 12.0. The van der Waals surface area contributed by atoms with Crippen LogP contribution in [0.15, 0.2) is 47.1 Å². The lowest BCUT2D eigenvalue weighted by molar-refractivity contribution is -0.118. The van der Waals surface area contributed by atoms with Gasteiger partial charge in [-0.05, 0) is 36.7 Å². The number of furan rings is 1. The second kappa shape index (κ2) is 6.14. The van der Waals surface area contributed by atoms with Gasteiger partial charge in [-0.1, -0.05) is 18.2 Å². The number of anilines is 1. The Kier molecular flexibility index (Phi) is 4.06. The molecule has 0 saturated heterocycles. The minimum atomic E-state index is 0.151. The van der Waals surface area contributed by atoms with Crippen LogP contribution in [-0.4, -0.2) is 19.0 Å². The lowest BCUT2D eigenvalue weighted by Crippen LogP contribution is -2.30. The van der Waals surface area contributed by atoms with Crippen LogP contribution in [0.25, 0.3) is 0 Å². The third-order valence-corrected chi connectivity index (χ3v) is 4.05. The largest absolute Gasteiger partial charge is 0.469 e. The third-order valence-electron chi connectivity index (χ3n) is 4.05. The number of rotatable bonds is 5. The number of carbonyl (C=O) groups excluding carboxylic acids is 1. The fraction of sp³-hybridized carbons (Fsp3) is 0.353. The molecule has 1 atom stereocenters. The van der Waals surface area contributed by atoms with Crippen LogP contribution in [0, 0.1) is 0 Å². The Bertz CT molecular complexity index is 607. The van der Waals surface area contributed by atoms with Crippen LogP contribution in [0.1, 0.15) is 30.1 Å². The molecule has 0 bridgehead atoms. The van der Waals surface area contributed by atoms with E-state index >= 15 is 0 Å². The number of hydrogen-bond acceptors (Lipinski definition) is 3.